The van der Waals surface area contributed by atoms with Crippen LogP contribution < -0.4 is 24.0 Å². The van der Waals surface area contributed by atoms with Gasteiger partial charge in [0.15, 0.2) is 0 Å². The van der Waals surface area contributed by atoms with Gasteiger partial charge in [-0.3, -0.25) is 0 Å². The normalized spacial score (nSPS) is 44.0. The van der Waals surface area contributed by atoms with Crippen LogP contribution in [0.2, 0.25) is 0 Å². The molecule has 0 aliphatic heterocycles. The fraction of sp³-hybridized carbons (Fsp3) is 0.893. The number of aliphatic hydroxyl groups is 1. The van der Waals surface area contributed by atoms with Crippen molar-refractivity contribution in [2.24, 2.45) is 52.3 Å². The zero-order valence-electron chi connectivity index (χ0n) is 21.5. The van der Waals surface area contributed by atoms with Gasteiger partial charge in [-0.15, -0.1) is 0 Å². The zero-order chi connectivity index (χ0) is 22.6. The van der Waals surface area contributed by atoms with Crippen molar-refractivity contribution < 1.29 is 33.9 Å². The molecule has 0 bridgehead atoms. The number of hydrogen-bond donors (Lipinski definition) is 1. The van der Waals surface area contributed by atoms with Gasteiger partial charge in [-0.25, -0.2) is 0 Å². The van der Waals surface area contributed by atoms with Crippen LogP contribution in [0.4, 0.5) is 0 Å². The number of fused-ring (bicyclic) bond motifs is 5. The minimum atomic E-state index is -0.954. The third kappa shape index (κ3) is 4.29. The average molecular weight is 437 g/mol. The van der Waals surface area contributed by atoms with Gasteiger partial charge in [0, 0.05) is 11.9 Å². The molecule has 3 nitrogen and oxygen atoms in total. The summed E-state index contributed by atoms with van der Waals surface area (Å²) in [5.41, 5.74) is 1.29. The Morgan fingerprint density at radius 1 is 1.16 bits per heavy atom. The molecule has 4 aliphatic carbocycles. The quantitative estimate of drug-likeness (QED) is 0.514. The zero-order valence-corrected chi connectivity index (χ0v) is 21.5. The molecule has 4 rings (SSSR count). The molecule has 0 aromatic heterocycles. The van der Waals surface area contributed by atoms with Crippen LogP contribution in [0.5, 0.6) is 0 Å². The number of carboxylic acid groups (broad SMARTS) is 1. The maximum atomic E-state index is 12.2. The maximum absolute atomic E-state index is 12.2. The molecule has 0 amide bonds. The SMILES string of the molecule is CC(C)CCC[C@@H](C)[C@H]1CC[C@H]2[C@@H]3CC=C4C[C@@H](O)CC(C(=O)[O-])[C@@]4(C)[C@H]3CC[C@]12C.[Li+]. The second-order valence-electron chi connectivity index (χ2n) is 12.6. The van der Waals surface area contributed by atoms with Crippen LogP contribution in [-0.4, -0.2) is 17.2 Å². The van der Waals surface area contributed by atoms with Crippen molar-refractivity contribution in [3.8, 4) is 0 Å². The summed E-state index contributed by atoms with van der Waals surface area (Å²) in [6, 6.07) is 0. The van der Waals surface area contributed by atoms with Crippen molar-refractivity contribution in [1.82, 2.24) is 0 Å². The monoisotopic (exact) mass is 436 g/mol. The molecule has 0 radical (unpaired) electrons. The Morgan fingerprint density at radius 2 is 1.88 bits per heavy atom. The first-order chi connectivity index (χ1) is 14.6. The molecular formula is C28H45LiO3. The van der Waals surface area contributed by atoms with E-state index < -0.39 is 18.0 Å². The third-order valence-electron chi connectivity index (χ3n) is 10.7. The van der Waals surface area contributed by atoms with E-state index in [4.69, 9.17) is 0 Å². The van der Waals surface area contributed by atoms with Crippen molar-refractivity contribution in [3.63, 3.8) is 0 Å². The van der Waals surface area contributed by atoms with Crippen molar-refractivity contribution in [3.05, 3.63) is 11.6 Å². The van der Waals surface area contributed by atoms with Gasteiger partial charge in [-0.2, -0.15) is 0 Å². The summed E-state index contributed by atoms with van der Waals surface area (Å²) in [6.07, 6.45) is 13.0. The minimum absolute atomic E-state index is 0. The molecule has 1 N–H and O–H groups in total. The van der Waals surface area contributed by atoms with E-state index in [0.717, 1.165) is 30.6 Å². The molecule has 4 heteroatoms. The van der Waals surface area contributed by atoms with Gasteiger partial charge in [0.1, 0.15) is 0 Å². The Labute approximate surface area is 208 Å². The number of carbonyl (C=O) groups excluding carboxylic acids is 1. The smallest absolute Gasteiger partial charge is 0.550 e. The van der Waals surface area contributed by atoms with Crippen LogP contribution in [0.1, 0.15) is 98.8 Å². The predicted octanol–water partition coefficient (Wildman–Crippen LogP) is 2.37. The minimum Gasteiger partial charge on any atom is -0.550 e. The number of aliphatic carboxylic acids is 1. The van der Waals surface area contributed by atoms with Gasteiger partial charge in [0.05, 0.1) is 6.10 Å². The van der Waals surface area contributed by atoms with Gasteiger partial charge in [-0.05, 0) is 91.3 Å². The molecule has 3 fully saturated rings. The molecular weight excluding hydrogens is 391 g/mol. The van der Waals surface area contributed by atoms with Crippen LogP contribution in [0.15, 0.2) is 11.6 Å². The van der Waals surface area contributed by atoms with Crippen molar-refractivity contribution in [2.45, 2.75) is 105 Å². The molecule has 0 aromatic carbocycles. The second kappa shape index (κ2) is 9.79. The maximum Gasteiger partial charge on any atom is 1.00 e. The Balaban J connectivity index is 0.00000289. The van der Waals surface area contributed by atoms with Gasteiger partial charge in [0.2, 0.25) is 0 Å². The van der Waals surface area contributed by atoms with Crippen LogP contribution in [0.25, 0.3) is 0 Å². The van der Waals surface area contributed by atoms with E-state index >= 15 is 0 Å². The van der Waals surface area contributed by atoms with Crippen molar-refractivity contribution >= 4 is 5.97 Å². The molecule has 0 saturated heterocycles. The third-order valence-corrected chi connectivity index (χ3v) is 10.7. The summed E-state index contributed by atoms with van der Waals surface area (Å²) in [5, 5.41) is 22.5. The van der Waals surface area contributed by atoms with Crippen LogP contribution >= 0.6 is 0 Å². The molecule has 3 saturated carbocycles. The molecule has 0 spiro atoms. The molecule has 9 atom stereocenters. The summed E-state index contributed by atoms with van der Waals surface area (Å²) < 4.78 is 0. The number of aliphatic hydroxyl groups excluding tert-OH is 1. The number of carboxylic acids is 1. The Bertz CT molecular complexity index is 717. The number of hydrogen-bond acceptors (Lipinski definition) is 3. The summed E-state index contributed by atoms with van der Waals surface area (Å²) in [7, 11) is 0. The average Bonchev–Trinajstić information content (AvgIpc) is 3.04. The Hall–Kier alpha value is -0.233. The van der Waals surface area contributed by atoms with Crippen molar-refractivity contribution in [2.75, 3.05) is 0 Å². The first-order valence-corrected chi connectivity index (χ1v) is 13.2. The first-order valence-electron chi connectivity index (χ1n) is 13.2. The standard InChI is InChI=1S/C28H46O3.Li/c1-17(2)7-6-8-18(3)22-11-12-23-21-10-9-19-15-20(29)16-25(26(30)31)28(19,5)24(21)13-14-27(22,23)4;/h9,17-18,20-25,29H,6-8,10-16H2,1-5H3,(H,30,31);/q;+1/p-1/t18-,20-,21+,22-,23+,24+,25?,27-,28-;/m1./s1. The van der Waals surface area contributed by atoms with E-state index in [0.29, 0.717) is 36.0 Å². The number of carbonyl (C=O) groups is 1. The molecule has 1 unspecified atom stereocenters. The van der Waals surface area contributed by atoms with Gasteiger partial charge < -0.3 is 15.0 Å². The van der Waals surface area contributed by atoms with Crippen LogP contribution in [0.3, 0.4) is 0 Å². The van der Waals surface area contributed by atoms with Gasteiger partial charge in [-0.1, -0.05) is 65.5 Å². The fourth-order valence-corrected chi connectivity index (χ4v) is 9.10. The number of rotatable bonds is 6. The fourth-order valence-electron chi connectivity index (χ4n) is 9.10. The second-order valence-corrected chi connectivity index (χ2v) is 12.6. The Morgan fingerprint density at radius 3 is 2.53 bits per heavy atom. The van der Waals surface area contributed by atoms with Crippen LogP contribution in [0, 0.1) is 52.3 Å². The van der Waals surface area contributed by atoms with Crippen molar-refractivity contribution in [1.29, 1.82) is 0 Å². The van der Waals surface area contributed by atoms with E-state index in [-0.39, 0.29) is 24.3 Å². The van der Waals surface area contributed by atoms with Crippen LogP contribution in [-0.2, 0) is 4.79 Å². The summed E-state index contributed by atoms with van der Waals surface area (Å²) >= 11 is 0. The van der Waals surface area contributed by atoms with E-state index in [1.807, 2.05) is 0 Å². The summed E-state index contributed by atoms with van der Waals surface area (Å²) in [5.74, 6) is 2.63. The number of allylic oxidation sites excluding steroid dienone is 1. The summed E-state index contributed by atoms with van der Waals surface area (Å²) in [4.78, 5) is 12.2. The largest absolute Gasteiger partial charge is 1.00 e. The molecule has 176 valence electrons. The molecule has 4 aliphatic rings. The summed E-state index contributed by atoms with van der Waals surface area (Å²) in [6.45, 7) is 11.9. The molecule has 32 heavy (non-hydrogen) atoms. The first kappa shape index (κ1) is 26.4. The topological polar surface area (TPSA) is 60.4 Å². The van der Waals surface area contributed by atoms with Gasteiger partial charge >= 0.3 is 18.9 Å². The van der Waals surface area contributed by atoms with Gasteiger partial charge in [0.25, 0.3) is 0 Å². The van der Waals surface area contributed by atoms with E-state index in [1.165, 1.54) is 44.1 Å². The van der Waals surface area contributed by atoms with E-state index in [1.54, 1.807) is 0 Å². The van der Waals surface area contributed by atoms with E-state index in [9.17, 15) is 15.0 Å². The Kier molecular flexibility index (Phi) is 8.07. The molecule has 0 heterocycles. The van der Waals surface area contributed by atoms with E-state index in [2.05, 4.69) is 40.7 Å². The predicted molar refractivity (Wildman–Crippen MR) is 123 cm³/mol. The molecule has 0 aromatic rings.